The number of hydrogen-bond acceptors (Lipinski definition) is 4. The first kappa shape index (κ1) is 11.8. The normalized spacial score (nSPS) is 10.9. The van der Waals surface area contributed by atoms with Crippen LogP contribution in [0.5, 0.6) is 5.75 Å². The third-order valence-electron chi connectivity index (χ3n) is 1.35. The molecule has 4 nitrogen and oxygen atoms in total. The number of rotatable bonds is 1. The maximum absolute atomic E-state index is 11.9. The lowest BCUT2D eigenvalue weighted by Gasteiger charge is -2.11. The van der Waals surface area contributed by atoms with Crippen LogP contribution in [0.15, 0.2) is 6.20 Å². The van der Waals surface area contributed by atoms with Gasteiger partial charge in [0.1, 0.15) is 6.07 Å². The molecular weight excluding hydrogens is 326 g/mol. The number of ether oxygens (including phenoxy) is 1. The van der Waals surface area contributed by atoms with Crippen molar-refractivity contribution >= 4 is 28.3 Å². The van der Waals surface area contributed by atoms with Gasteiger partial charge in [-0.05, 0) is 22.6 Å². The second-order valence-corrected chi connectivity index (χ2v) is 3.44. The van der Waals surface area contributed by atoms with Crippen LogP contribution in [0.25, 0.3) is 0 Å². The summed E-state index contributed by atoms with van der Waals surface area (Å²) < 4.78 is 39.3. The summed E-state index contributed by atoms with van der Waals surface area (Å²) in [6.07, 6.45) is -3.99. The lowest BCUT2D eigenvalue weighted by atomic mass is 10.3. The monoisotopic (exact) mass is 329 g/mol. The average Bonchev–Trinajstić information content (AvgIpc) is 2.11. The van der Waals surface area contributed by atoms with Gasteiger partial charge in [0, 0.05) is 0 Å². The Morgan fingerprint density at radius 3 is 2.60 bits per heavy atom. The predicted octanol–water partition coefficient (Wildman–Crippen LogP) is 2.04. The molecule has 0 aliphatic heterocycles. The van der Waals surface area contributed by atoms with E-state index in [2.05, 4.69) is 9.72 Å². The van der Waals surface area contributed by atoms with Gasteiger partial charge in [-0.15, -0.1) is 13.2 Å². The zero-order valence-electron chi connectivity index (χ0n) is 6.97. The van der Waals surface area contributed by atoms with Gasteiger partial charge in [-0.25, -0.2) is 4.98 Å². The minimum atomic E-state index is -4.80. The zero-order chi connectivity index (χ0) is 11.6. The van der Waals surface area contributed by atoms with Gasteiger partial charge in [0.25, 0.3) is 0 Å². The number of anilines is 1. The largest absolute Gasteiger partial charge is 0.573 e. The molecule has 0 aliphatic carbocycles. The molecule has 0 saturated heterocycles. The molecule has 0 amide bonds. The summed E-state index contributed by atoms with van der Waals surface area (Å²) in [5, 5.41) is 8.51. The Morgan fingerprint density at radius 2 is 2.13 bits per heavy atom. The van der Waals surface area contributed by atoms with Crippen LogP contribution in [0.4, 0.5) is 18.9 Å². The van der Waals surface area contributed by atoms with Gasteiger partial charge in [0.05, 0.1) is 15.5 Å². The molecule has 0 fully saturated rings. The quantitative estimate of drug-likeness (QED) is 0.801. The third-order valence-corrected chi connectivity index (χ3v) is 2.46. The molecule has 2 N–H and O–H groups in total. The maximum Gasteiger partial charge on any atom is 0.573 e. The Morgan fingerprint density at radius 1 is 1.53 bits per heavy atom. The number of nitrogens with two attached hydrogens (primary N) is 1. The smallest absolute Gasteiger partial charge is 0.403 e. The summed E-state index contributed by atoms with van der Waals surface area (Å²) in [6, 6.07) is 1.65. The molecule has 1 rings (SSSR count). The molecule has 15 heavy (non-hydrogen) atoms. The van der Waals surface area contributed by atoms with Crippen molar-refractivity contribution in [3.8, 4) is 11.8 Å². The highest BCUT2D eigenvalue weighted by Gasteiger charge is 2.32. The minimum absolute atomic E-state index is 0.0106. The second kappa shape index (κ2) is 4.09. The van der Waals surface area contributed by atoms with Crippen LogP contribution in [-0.2, 0) is 0 Å². The molecule has 0 saturated carbocycles. The number of alkyl halides is 3. The summed E-state index contributed by atoms with van der Waals surface area (Å²) in [4.78, 5) is 3.43. The molecule has 1 aromatic rings. The first-order valence-corrected chi connectivity index (χ1v) is 4.53. The van der Waals surface area contributed by atoms with E-state index in [1.54, 1.807) is 28.7 Å². The summed E-state index contributed by atoms with van der Waals surface area (Å²) in [6.45, 7) is 0. The van der Waals surface area contributed by atoms with Crippen molar-refractivity contribution in [2.24, 2.45) is 0 Å². The number of pyridine rings is 1. The standard InChI is InChI=1S/C7H3F3IN3O/c8-7(9,10)15-4-2-14-3(1-12)6(13)5(4)11/h2H,13H2. The maximum atomic E-state index is 11.9. The van der Waals surface area contributed by atoms with Gasteiger partial charge in [-0.2, -0.15) is 5.26 Å². The van der Waals surface area contributed by atoms with Crippen molar-refractivity contribution in [2.75, 3.05) is 5.73 Å². The highest BCUT2D eigenvalue weighted by atomic mass is 127. The fraction of sp³-hybridized carbons (Fsp3) is 0.143. The van der Waals surface area contributed by atoms with Gasteiger partial charge in [0.15, 0.2) is 11.4 Å². The lowest BCUT2D eigenvalue weighted by Crippen LogP contribution is -2.18. The van der Waals surface area contributed by atoms with Crippen molar-refractivity contribution < 1.29 is 17.9 Å². The van der Waals surface area contributed by atoms with Crippen molar-refractivity contribution in [3.05, 3.63) is 15.5 Å². The Kier molecular flexibility index (Phi) is 3.23. The number of nitrogen functional groups attached to an aromatic ring is 1. The van der Waals surface area contributed by atoms with Crippen LogP contribution in [0.2, 0.25) is 0 Å². The molecule has 0 aromatic carbocycles. The summed E-state index contributed by atoms with van der Waals surface area (Å²) in [5.74, 6) is -0.514. The van der Waals surface area contributed by atoms with Crippen LogP contribution in [0.3, 0.4) is 0 Å². The van der Waals surface area contributed by atoms with Crippen molar-refractivity contribution in [2.45, 2.75) is 6.36 Å². The highest BCUT2D eigenvalue weighted by Crippen LogP contribution is 2.31. The van der Waals surface area contributed by atoms with Crippen LogP contribution in [-0.4, -0.2) is 11.3 Å². The number of nitriles is 1. The van der Waals surface area contributed by atoms with E-state index in [9.17, 15) is 13.2 Å². The summed E-state index contributed by atoms with van der Waals surface area (Å²) >= 11 is 1.55. The molecule has 8 heteroatoms. The third kappa shape index (κ3) is 2.85. The highest BCUT2D eigenvalue weighted by molar-refractivity contribution is 14.1. The Labute approximate surface area is 96.0 Å². The van der Waals surface area contributed by atoms with Gasteiger partial charge in [0.2, 0.25) is 0 Å². The number of halogens is 4. The van der Waals surface area contributed by atoms with Crippen molar-refractivity contribution in [1.29, 1.82) is 5.26 Å². The van der Waals surface area contributed by atoms with Gasteiger partial charge in [-0.1, -0.05) is 0 Å². The van der Waals surface area contributed by atoms with E-state index in [4.69, 9.17) is 11.0 Å². The van der Waals surface area contributed by atoms with E-state index in [1.807, 2.05) is 0 Å². The fourth-order valence-electron chi connectivity index (χ4n) is 0.771. The Balaban J connectivity index is 3.14. The molecule has 0 atom stereocenters. The SMILES string of the molecule is N#Cc1ncc(OC(F)(F)F)c(I)c1N. The predicted molar refractivity (Wildman–Crippen MR) is 52.8 cm³/mol. The zero-order valence-corrected chi connectivity index (χ0v) is 9.13. The van der Waals surface area contributed by atoms with Gasteiger partial charge in [-0.3, -0.25) is 0 Å². The number of hydrogen-bond donors (Lipinski definition) is 1. The molecule has 0 bridgehead atoms. The Bertz CT molecular complexity index is 427. The van der Waals surface area contributed by atoms with Crippen LogP contribution in [0.1, 0.15) is 5.69 Å². The van der Waals surface area contributed by atoms with Crippen molar-refractivity contribution in [3.63, 3.8) is 0 Å². The molecule has 1 heterocycles. The minimum Gasteiger partial charge on any atom is -0.403 e. The van der Waals surface area contributed by atoms with E-state index in [0.29, 0.717) is 0 Å². The topological polar surface area (TPSA) is 71.9 Å². The van der Waals surface area contributed by atoms with E-state index in [0.717, 1.165) is 6.20 Å². The second-order valence-electron chi connectivity index (χ2n) is 2.36. The lowest BCUT2D eigenvalue weighted by molar-refractivity contribution is -0.275. The van der Waals surface area contributed by atoms with Crippen molar-refractivity contribution in [1.82, 2.24) is 4.98 Å². The van der Waals surface area contributed by atoms with E-state index >= 15 is 0 Å². The van der Waals surface area contributed by atoms with E-state index in [1.165, 1.54) is 0 Å². The first-order chi connectivity index (χ1) is 6.85. The molecule has 0 spiro atoms. The molecule has 80 valence electrons. The molecule has 0 aliphatic rings. The van der Waals surface area contributed by atoms with Crippen LogP contribution >= 0.6 is 22.6 Å². The van der Waals surface area contributed by atoms with Gasteiger partial charge >= 0.3 is 6.36 Å². The molecular formula is C7H3F3IN3O. The van der Waals surface area contributed by atoms with E-state index < -0.39 is 12.1 Å². The van der Waals surface area contributed by atoms with Crippen LogP contribution in [0, 0.1) is 14.9 Å². The number of nitrogens with zero attached hydrogens (tertiary/aromatic N) is 2. The molecule has 0 unspecified atom stereocenters. The number of aromatic nitrogens is 1. The van der Waals surface area contributed by atoms with Gasteiger partial charge < -0.3 is 10.5 Å². The first-order valence-electron chi connectivity index (χ1n) is 3.45. The Hall–Kier alpha value is -1.24. The summed E-state index contributed by atoms with van der Waals surface area (Å²) in [7, 11) is 0. The van der Waals surface area contributed by atoms with Crippen LogP contribution < -0.4 is 10.5 Å². The molecule has 0 radical (unpaired) electrons. The van der Waals surface area contributed by atoms with E-state index in [-0.39, 0.29) is 15.0 Å². The summed E-state index contributed by atoms with van der Waals surface area (Å²) in [5.41, 5.74) is 5.12. The average molecular weight is 329 g/mol. The fourth-order valence-corrected chi connectivity index (χ4v) is 1.28. The molecule has 1 aromatic heterocycles.